The van der Waals surface area contributed by atoms with E-state index in [1.54, 1.807) is 30.0 Å². The van der Waals surface area contributed by atoms with Gasteiger partial charge in [0.15, 0.2) is 5.82 Å². The topological polar surface area (TPSA) is 78.8 Å². The second kappa shape index (κ2) is 6.13. The Hall–Kier alpha value is -2.44. The number of hydrogen-bond donors (Lipinski definition) is 1. The van der Waals surface area contributed by atoms with Gasteiger partial charge >= 0.3 is 0 Å². The normalized spacial score (nSPS) is 10.7. The highest BCUT2D eigenvalue weighted by Gasteiger charge is 2.15. The highest BCUT2D eigenvalue weighted by molar-refractivity contribution is 6.30. The molecule has 0 aliphatic carbocycles. The van der Waals surface area contributed by atoms with Crippen LogP contribution in [0.2, 0.25) is 5.02 Å². The van der Waals surface area contributed by atoms with E-state index in [0.29, 0.717) is 28.8 Å². The van der Waals surface area contributed by atoms with Crippen molar-refractivity contribution in [3.8, 4) is 22.8 Å². The Balaban J connectivity index is 2.10. The lowest BCUT2D eigenvalue weighted by atomic mass is 10.1. The molecule has 7 heteroatoms. The second-order valence-electron chi connectivity index (χ2n) is 4.63. The van der Waals surface area contributed by atoms with Crippen LogP contribution in [0, 0.1) is 0 Å². The first-order chi connectivity index (χ1) is 10.7. The van der Waals surface area contributed by atoms with E-state index in [2.05, 4.69) is 15.5 Å². The number of ether oxygens (including phenoxy) is 1. The number of methoxy groups -OCH3 is 1. The van der Waals surface area contributed by atoms with E-state index in [9.17, 15) is 0 Å². The SMILES string of the molecule is COc1ccc(Cl)cc1-n1nnnc1-c1ccc(CN)cc1. The van der Waals surface area contributed by atoms with Crippen molar-refractivity contribution >= 4 is 11.6 Å². The van der Waals surface area contributed by atoms with Crippen molar-refractivity contribution in [3.05, 3.63) is 53.1 Å². The Labute approximate surface area is 132 Å². The maximum Gasteiger partial charge on any atom is 0.187 e. The summed E-state index contributed by atoms with van der Waals surface area (Å²) in [5.41, 5.74) is 8.22. The van der Waals surface area contributed by atoms with Crippen molar-refractivity contribution in [2.45, 2.75) is 6.54 Å². The fraction of sp³-hybridized carbons (Fsp3) is 0.133. The number of aromatic nitrogens is 4. The number of nitrogens with two attached hydrogens (primary N) is 1. The molecule has 22 heavy (non-hydrogen) atoms. The largest absolute Gasteiger partial charge is 0.494 e. The Morgan fingerprint density at radius 1 is 1.18 bits per heavy atom. The molecular weight excluding hydrogens is 302 g/mol. The second-order valence-corrected chi connectivity index (χ2v) is 5.07. The summed E-state index contributed by atoms with van der Waals surface area (Å²) in [6.45, 7) is 0.493. The van der Waals surface area contributed by atoms with Crippen LogP contribution in [-0.2, 0) is 6.54 Å². The van der Waals surface area contributed by atoms with Gasteiger partial charge in [-0.25, -0.2) is 0 Å². The maximum absolute atomic E-state index is 6.08. The van der Waals surface area contributed by atoms with Crippen molar-refractivity contribution in [2.24, 2.45) is 5.73 Å². The molecule has 1 heterocycles. The molecule has 0 atom stereocenters. The average Bonchev–Trinajstić information content (AvgIpc) is 3.04. The lowest BCUT2D eigenvalue weighted by Crippen LogP contribution is -2.03. The van der Waals surface area contributed by atoms with Gasteiger partial charge in [-0.3, -0.25) is 0 Å². The number of halogens is 1. The summed E-state index contributed by atoms with van der Waals surface area (Å²) in [4.78, 5) is 0. The summed E-state index contributed by atoms with van der Waals surface area (Å²) in [6.07, 6.45) is 0. The zero-order valence-electron chi connectivity index (χ0n) is 11.9. The predicted molar refractivity (Wildman–Crippen MR) is 84.0 cm³/mol. The number of tetrazole rings is 1. The van der Waals surface area contributed by atoms with E-state index >= 15 is 0 Å². The molecule has 0 saturated heterocycles. The summed E-state index contributed by atoms with van der Waals surface area (Å²) in [7, 11) is 1.59. The van der Waals surface area contributed by atoms with Crippen LogP contribution in [-0.4, -0.2) is 27.3 Å². The molecular formula is C15H14ClN5O. The van der Waals surface area contributed by atoms with Gasteiger partial charge in [-0.05, 0) is 34.2 Å². The lowest BCUT2D eigenvalue weighted by molar-refractivity contribution is 0.411. The van der Waals surface area contributed by atoms with Gasteiger partial charge < -0.3 is 10.5 Å². The number of nitrogens with zero attached hydrogens (tertiary/aromatic N) is 4. The molecule has 0 radical (unpaired) electrons. The van der Waals surface area contributed by atoms with Crippen LogP contribution >= 0.6 is 11.6 Å². The van der Waals surface area contributed by atoms with Gasteiger partial charge in [-0.2, -0.15) is 4.68 Å². The van der Waals surface area contributed by atoms with Crippen molar-refractivity contribution < 1.29 is 4.74 Å². The summed E-state index contributed by atoms with van der Waals surface area (Å²) < 4.78 is 6.96. The molecule has 0 amide bonds. The fourth-order valence-corrected chi connectivity index (χ4v) is 2.31. The molecule has 0 saturated carbocycles. The minimum atomic E-state index is 0.493. The maximum atomic E-state index is 6.08. The minimum absolute atomic E-state index is 0.493. The van der Waals surface area contributed by atoms with Gasteiger partial charge in [0.1, 0.15) is 11.4 Å². The first-order valence-electron chi connectivity index (χ1n) is 6.64. The summed E-state index contributed by atoms with van der Waals surface area (Å²) in [5, 5.41) is 12.5. The third-order valence-electron chi connectivity index (χ3n) is 3.29. The van der Waals surface area contributed by atoms with Gasteiger partial charge in [0.25, 0.3) is 0 Å². The number of hydrogen-bond acceptors (Lipinski definition) is 5. The molecule has 0 bridgehead atoms. The lowest BCUT2D eigenvalue weighted by Gasteiger charge is -2.10. The summed E-state index contributed by atoms with van der Waals surface area (Å²) in [5.74, 6) is 1.24. The molecule has 0 unspecified atom stereocenters. The zero-order valence-corrected chi connectivity index (χ0v) is 12.7. The van der Waals surface area contributed by atoms with Crippen molar-refractivity contribution in [2.75, 3.05) is 7.11 Å². The molecule has 0 fully saturated rings. The highest BCUT2D eigenvalue weighted by Crippen LogP contribution is 2.29. The van der Waals surface area contributed by atoms with Crippen molar-refractivity contribution in [1.29, 1.82) is 0 Å². The van der Waals surface area contributed by atoms with E-state index in [1.165, 1.54) is 0 Å². The summed E-state index contributed by atoms with van der Waals surface area (Å²) in [6, 6.07) is 13.1. The quantitative estimate of drug-likeness (QED) is 0.800. The van der Waals surface area contributed by atoms with Crippen LogP contribution in [0.4, 0.5) is 0 Å². The Bertz CT molecular complexity index is 785. The van der Waals surface area contributed by atoms with E-state index in [-0.39, 0.29) is 0 Å². The van der Waals surface area contributed by atoms with E-state index in [1.807, 2.05) is 24.3 Å². The van der Waals surface area contributed by atoms with Crippen LogP contribution < -0.4 is 10.5 Å². The highest BCUT2D eigenvalue weighted by atomic mass is 35.5. The standard InChI is InChI=1S/C15H14ClN5O/c1-22-14-7-6-12(16)8-13(14)21-15(18-19-20-21)11-4-2-10(9-17)3-5-11/h2-8H,9,17H2,1H3. The fourth-order valence-electron chi connectivity index (χ4n) is 2.15. The monoisotopic (exact) mass is 315 g/mol. The number of benzene rings is 2. The van der Waals surface area contributed by atoms with Gasteiger partial charge in [0.2, 0.25) is 0 Å². The molecule has 0 aliphatic rings. The third-order valence-corrected chi connectivity index (χ3v) is 3.52. The molecule has 6 nitrogen and oxygen atoms in total. The Morgan fingerprint density at radius 3 is 2.64 bits per heavy atom. The first kappa shape index (κ1) is 14.5. The molecule has 0 spiro atoms. The van der Waals surface area contributed by atoms with E-state index in [4.69, 9.17) is 22.1 Å². The van der Waals surface area contributed by atoms with Gasteiger partial charge in [0, 0.05) is 17.1 Å². The van der Waals surface area contributed by atoms with Gasteiger partial charge in [-0.1, -0.05) is 35.9 Å². The summed E-state index contributed by atoms with van der Waals surface area (Å²) >= 11 is 6.08. The van der Waals surface area contributed by atoms with Gasteiger partial charge in [-0.15, -0.1) is 5.10 Å². The third kappa shape index (κ3) is 2.66. The zero-order chi connectivity index (χ0) is 15.5. The molecule has 2 aromatic carbocycles. The molecule has 2 N–H and O–H groups in total. The number of rotatable bonds is 4. The Kier molecular flexibility index (Phi) is 4.04. The smallest absolute Gasteiger partial charge is 0.187 e. The molecule has 1 aromatic heterocycles. The van der Waals surface area contributed by atoms with Crippen LogP contribution in [0.15, 0.2) is 42.5 Å². The van der Waals surface area contributed by atoms with Gasteiger partial charge in [0.05, 0.1) is 7.11 Å². The minimum Gasteiger partial charge on any atom is -0.494 e. The Morgan fingerprint density at radius 2 is 1.95 bits per heavy atom. The average molecular weight is 316 g/mol. The van der Waals surface area contributed by atoms with E-state index < -0.39 is 0 Å². The van der Waals surface area contributed by atoms with Crippen LogP contribution in [0.25, 0.3) is 17.1 Å². The van der Waals surface area contributed by atoms with Crippen LogP contribution in [0.5, 0.6) is 5.75 Å². The van der Waals surface area contributed by atoms with Crippen molar-refractivity contribution in [1.82, 2.24) is 20.2 Å². The van der Waals surface area contributed by atoms with E-state index in [0.717, 1.165) is 11.1 Å². The molecule has 112 valence electrons. The molecule has 3 aromatic rings. The predicted octanol–water partition coefficient (Wildman–Crippen LogP) is 2.45. The van der Waals surface area contributed by atoms with Crippen molar-refractivity contribution in [3.63, 3.8) is 0 Å². The van der Waals surface area contributed by atoms with Crippen LogP contribution in [0.3, 0.4) is 0 Å². The molecule has 3 rings (SSSR count). The first-order valence-corrected chi connectivity index (χ1v) is 7.02. The van der Waals surface area contributed by atoms with Crippen LogP contribution in [0.1, 0.15) is 5.56 Å². The molecule has 0 aliphatic heterocycles.